The molecular weight excluding hydrogens is 386 g/mol. The molecule has 2 N–H and O–H groups in total. The van der Waals surface area contributed by atoms with Gasteiger partial charge in [0.1, 0.15) is 0 Å². The molecule has 0 aromatic heterocycles. The molecule has 0 spiro atoms. The van der Waals surface area contributed by atoms with Crippen molar-refractivity contribution in [1.82, 2.24) is 9.62 Å². The molecule has 10 heteroatoms. The molecule has 1 saturated heterocycles. The summed E-state index contributed by atoms with van der Waals surface area (Å²) in [5, 5.41) is 6.70. The second kappa shape index (κ2) is 9.11. The molecule has 1 aliphatic rings. The van der Waals surface area contributed by atoms with Gasteiger partial charge in [-0.3, -0.25) is 0 Å². The summed E-state index contributed by atoms with van der Waals surface area (Å²) in [5.74, 6) is 0. The number of benzene rings is 1. The number of ether oxygens (including phenoxy) is 2. The lowest BCUT2D eigenvalue weighted by atomic mass is 10.3. The van der Waals surface area contributed by atoms with Crippen LogP contribution >= 0.6 is 23.8 Å². The van der Waals surface area contributed by atoms with Crippen molar-refractivity contribution in [2.45, 2.75) is 17.9 Å². The number of methoxy groups -OCH3 is 1. The fraction of sp³-hybridized carbons (Fsp3) is 0.533. The Kier molecular flexibility index (Phi) is 7.41. The van der Waals surface area contributed by atoms with E-state index in [1.807, 2.05) is 6.92 Å². The SMILES string of the molecule is COC[C@H](C)NC(=S)Nc1cc(S(=O)(=O)N2CCOCC2)ccc1Cl. The maximum absolute atomic E-state index is 12.7. The van der Waals surface area contributed by atoms with E-state index < -0.39 is 10.0 Å². The van der Waals surface area contributed by atoms with Crippen molar-refractivity contribution in [3.8, 4) is 0 Å². The summed E-state index contributed by atoms with van der Waals surface area (Å²) >= 11 is 11.4. The molecule has 2 rings (SSSR count). The lowest BCUT2D eigenvalue weighted by Crippen LogP contribution is -2.40. The third-order valence-electron chi connectivity index (χ3n) is 3.59. The summed E-state index contributed by atoms with van der Waals surface area (Å²) in [6.07, 6.45) is 0. The zero-order valence-corrected chi connectivity index (χ0v) is 16.5. The second-order valence-electron chi connectivity index (χ2n) is 5.61. The highest BCUT2D eigenvalue weighted by Gasteiger charge is 2.27. The molecule has 1 aromatic carbocycles. The van der Waals surface area contributed by atoms with Gasteiger partial charge in [0.2, 0.25) is 10.0 Å². The van der Waals surface area contributed by atoms with Crippen molar-refractivity contribution in [3.05, 3.63) is 23.2 Å². The number of thiocarbonyl (C=S) groups is 1. The third kappa shape index (κ3) is 5.50. The Bertz CT molecular complexity index is 709. The van der Waals surface area contributed by atoms with Crippen LogP contribution in [0.2, 0.25) is 5.02 Å². The molecule has 0 saturated carbocycles. The molecule has 0 unspecified atom stereocenters. The molecule has 0 bridgehead atoms. The van der Waals surface area contributed by atoms with Crippen LogP contribution in [0.15, 0.2) is 23.1 Å². The van der Waals surface area contributed by atoms with Gasteiger partial charge >= 0.3 is 0 Å². The van der Waals surface area contributed by atoms with Crippen molar-refractivity contribution >= 4 is 44.6 Å². The molecule has 25 heavy (non-hydrogen) atoms. The number of morpholine rings is 1. The minimum absolute atomic E-state index is 0.00374. The van der Waals surface area contributed by atoms with Gasteiger partial charge in [-0.2, -0.15) is 4.31 Å². The van der Waals surface area contributed by atoms with Gasteiger partial charge in [0.25, 0.3) is 0 Å². The Labute approximate surface area is 158 Å². The lowest BCUT2D eigenvalue weighted by Gasteiger charge is -2.26. The van der Waals surface area contributed by atoms with E-state index in [1.165, 1.54) is 16.4 Å². The van der Waals surface area contributed by atoms with Crippen LogP contribution in [0.4, 0.5) is 5.69 Å². The summed E-state index contributed by atoms with van der Waals surface area (Å²) in [6, 6.07) is 4.52. The van der Waals surface area contributed by atoms with Gasteiger partial charge < -0.3 is 20.1 Å². The summed E-state index contributed by atoms with van der Waals surface area (Å²) in [7, 11) is -2.00. The highest BCUT2D eigenvalue weighted by Crippen LogP contribution is 2.27. The molecule has 7 nitrogen and oxygen atoms in total. The van der Waals surface area contributed by atoms with Crippen molar-refractivity contribution in [3.63, 3.8) is 0 Å². The van der Waals surface area contributed by atoms with Gasteiger partial charge in [0.15, 0.2) is 5.11 Å². The largest absolute Gasteiger partial charge is 0.383 e. The van der Waals surface area contributed by atoms with E-state index in [9.17, 15) is 8.42 Å². The maximum Gasteiger partial charge on any atom is 0.243 e. The number of nitrogens with zero attached hydrogens (tertiary/aromatic N) is 1. The predicted molar refractivity (Wildman–Crippen MR) is 102 cm³/mol. The summed E-state index contributed by atoms with van der Waals surface area (Å²) in [4.78, 5) is 0.161. The van der Waals surface area contributed by atoms with Gasteiger partial charge in [0, 0.05) is 26.2 Å². The molecule has 140 valence electrons. The number of anilines is 1. The number of hydrogen-bond donors (Lipinski definition) is 2. The summed E-state index contributed by atoms with van der Waals surface area (Å²) in [5.41, 5.74) is 0.429. The van der Waals surface area contributed by atoms with Crippen LogP contribution in [0.25, 0.3) is 0 Å². The van der Waals surface area contributed by atoms with Gasteiger partial charge in [0.05, 0.1) is 35.4 Å². The Morgan fingerprint density at radius 3 is 2.76 bits per heavy atom. The Morgan fingerprint density at radius 1 is 1.44 bits per heavy atom. The topological polar surface area (TPSA) is 79.9 Å². The summed E-state index contributed by atoms with van der Waals surface area (Å²) in [6.45, 7) is 3.86. The zero-order valence-electron chi connectivity index (χ0n) is 14.1. The van der Waals surface area contributed by atoms with Crippen molar-refractivity contribution < 1.29 is 17.9 Å². The van der Waals surface area contributed by atoms with Crippen LogP contribution in [0.5, 0.6) is 0 Å². The van der Waals surface area contributed by atoms with Crippen LogP contribution in [-0.2, 0) is 19.5 Å². The highest BCUT2D eigenvalue weighted by molar-refractivity contribution is 7.89. The molecule has 1 aliphatic heterocycles. The maximum atomic E-state index is 12.7. The first-order valence-corrected chi connectivity index (χ1v) is 10.0. The molecule has 0 aliphatic carbocycles. The van der Waals surface area contributed by atoms with Crippen LogP contribution < -0.4 is 10.6 Å². The van der Waals surface area contributed by atoms with E-state index in [4.69, 9.17) is 33.3 Å². The average Bonchev–Trinajstić information content (AvgIpc) is 2.57. The Balaban J connectivity index is 2.15. The van der Waals surface area contributed by atoms with Crippen molar-refractivity contribution in [2.75, 3.05) is 45.3 Å². The first-order chi connectivity index (χ1) is 11.8. The highest BCUT2D eigenvalue weighted by atomic mass is 35.5. The minimum atomic E-state index is -3.60. The Morgan fingerprint density at radius 2 is 2.12 bits per heavy atom. The normalized spacial score (nSPS) is 17.1. The lowest BCUT2D eigenvalue weighted by molar-refractivity contribution is 0.0730. The molecule has 1 fully saturated rings. The quantitative estimate of drug-likeness (QED) is 0.694. The predicted octanol–water partition coefficient (Wildman–Crippen LogP) is 1.68. The van der Waals surface area contributed by atoms with Gasteiger partial charge in [-0.15, -0.1) is 0 Å². The van der Waals surface area contributed by atoms with E-state index in [0.29, 0.717) is 48.7 Å². The van der Waals surface area contributed by atoms with Crippen LogP contribution in [0.1, 0.15) is 6.92 Å². The second-order valence-corrected chi connectivity index (χ2v) is 8.37. The van der Waals surface area contributed by atoms with Gasteiger partial charge in [-0.25, -0.2) is 8.42 Å². The van der Waals surface area contributed by atoms with E-state index in [-0.39, 0.29) is 10.9 Å². The zero-order chi connectivity index (χ0) is 18.4. The fourth-order valence-electron chi connectivity index (χ4n) is 2.37. The average molecular weight is 408 g/mol. The van der Waals surface area contributed by atoms with E-state index in [0.717, 1.165) is 0 Å². The third-order valence-corrected chi connectivity index (χ3v) is 6.03. The number of rotatable bonds is 6. The van der Waals surface area contributed by atoms with E-state index >= 15 is 0 Å². The first kappa shape index (κ1) is 20.3. The number of hydrogen-bond acceptors (Lipinski definition) is 5. The summed E-state index contributed by atoms with van der Waals surface area (Å²) < 4.78 is 37.1. The van der Waals surface area contributed by atoms with Crippen LogP contribution in [0, 0.1) is 0 Å². The number of halogens is 1. The molecular formula is C15H22ClN3O4S2. The Hall–Kier alpha value is -0.970. The molecule has 1 atom stereocenters. The van der Waals surface area contributed by atoms with Crippen LogP contribution in [-0.4, -0.2) is 63.9 Å². The van der Waals surface area contributed by atoms with Crippen LogP contribution in [0.3, 0.4) is 0 Å². The first-order valence-electron chi connectivity index (χ1n) is 7.78. The molecule has 1 aromatic rings. The van der Waals surface area contributed by atoms with Gasteiger partial charge in [-0.05, 0) is 37.3 Å². The van der Waals surface area contributed by atoms with E-state index in [1.54, 1.807) is 13.2 Å². The molecule has 0 radical (unpaired) electrons. The molecule has 1 heterocycles. The number of sulfonamides is 1. The van der Waals surface area contributed by atoms with E-state index in [2.05, 4.69) is 10.6 Å². The number of nitrogens with one attached hydrogen (secondary N) is 2. The fourth-order valence-corrected chi connectivity index (χ4v) is 4.28. The standard InChI is InChI=1S/C15H22ClN3O4S2/c1-11(10-22-2)17-15(24)18-14-9-12(3-4-13(14)16)25(20,21)19-5-7-23-8-6-19/h3-4,9,11H,5-8,10H2,1-2H3,(H2,17,18,24)/t11-/m0/s1. The van der Waals surface area contributed by atoms with Crippen molar-refractivity contribution in [2.24, 2.45) is 0 Å². The van der Waals surface area contributed by atoms with Crippen molar-refractivity contribution in [1.29, 1.82) is 0 Å². The molecule has 0 amide bonds. The monoisotopic (exact) mass is 407 g/mol. The smallest absolute Gasteiger partial charge is 0.243 e. The minimum Gasteiger partial charge on any atom is -0.383 e. The van der Waals surface area contributed by atoms with Gasteiger partial charge in [-0.1, -0.05) is 11.6 Å².